The third-order valence-corrected chi connectivity index (χ3v) is 4.30. The highest BCUT2D eigenvalue weighted by molar-refractivity contribution is 5.51. The van der Waals surface area contributed by atoms with E-state index in [4.69, 9.17) is 0 Å². The number of aromatic nitrogens is 4. The van der Waals surface area contributed by atoms with Crippen molar-refractivity contribution >= 4 is 11.6 Å². The highest BCUT2D eigenvalue weighted by Gasteiger charge is 2.44. The van der Waals surface area contributed by atoms with Crippen LogP contribution in [0.25, 0.3) is 5.78 Å². The van der Waals surface area contributed by atoms with Crippen molar-refractivity contribution in [1.82, 2.24) is 19.6 Å². The van der Waals surface area contributed by atoms with Crippen molar-refractivity contribution in [3.8, 4) is 11.5 Å². The summed E-state index contributed by atoms with van der Waals surface area (Å²) in [5.74, 6) is -0.961. The average Bonchev–Trinajstić information content (AvgIpc) is 3.19. The molecule has 2 aromatic heterocycles. The summed E-state index contributed by atoms with van der Waals surface area (Å²) in [6.45, 7) is 2.79. The van der Waals surface area contributed by atoms with E-state index in [0.717, 1.165) is 10.8 Å². The molecule has 0 amide bonds. The standard InChI is InChI=1S/C17H14F5N5O3/c1-15(2,28)13(8-3-4-9-10(5-8)30-17(21,22)29-9)26-12-6-11(16(18,19)20)25-14-23-7-24-27(12)14/h3-7,13,26,28H,1-2H3/t13-/m1/s1. The van der Waals surface area contributed by atoms with E-state index < -0.39 is 29.8 Å². The Balaban J connectivity index is 1.77. The molecule has 1 aliphatic heterocycles. The number of fused-ring (bicyclic) bond motifs is 2. The van der Waals surface area contributed by atoms with Crippen LogP contribution in [-0.4, -0.2) is 36.6 Å². The number of alkyl halides is 5. The summed E-state index contributed by atoms with van der Waals surface area (Å²) in [6.07, 6.45) is -7.56. The molecule has 0 saturated carbocycles. The number of ether oxygens (including phenoxy) is 2. The van der Waals surface area contributed by atoms with Crippen molar-refractivity contribution in [3.63, 3.8) is 0 Å². The van der Waals surface area contributed by atoms with Gasteiger partial charge in [-0.05, 0) is 31.5 Å². The maximum absolute atomic E-state index is 13.3. The second-order valence-corrected chi connectivity index (χ2v) is 7.10. The van der Waals surface area contributed by atoms with Crippen molar-refractivity contribution in [3.05, 3.63) is 41.9 Å². The lowest BCUT2D eigenvalue weighted by molar-refractivity contribution is -0.286. The topological polar surface area (TPSA) is 93.8 Å². The maximum atomic E-state index is 13.3. The molecule has 0 bridgehead atoms. The molecule has 4 rings (SSSR count). The van der Waals surface area contributed by atoms with Gasteiger partial charge in [0.25, 0.3) is 5.78 Å². The molecule has 13 heteroatoms. The Labute approximate surface area is 165 Å². The summed E-state index contributed by atoms with van der Waals surface area (Å²) in [5.41, 5.74) is -2.52. The fraction of sp³-hybridized carbons (Fsp3) is 0.353. The Morgan fingerprint density at radius 2 is 1.83 bits per heavy atom. The predicted molar refractivity (Wildman–Crippen MR) is 91.1 cm³/mol. The first-order valence-corrected chi connectivity index (χ1v) is 8.50. The summed E-state index contributed by atoms with van der Waals surface area (Å²) in [5, 5.41) is 17.2. The SMILES string of the molecule is CC(C)(O)[C@H](Nc1cc(C(F)(F)F)nc2ncnn12)c1ccc2c(c1)OC(F)(F)O2. The number of nitrogens with one attached hydrogen (secondary N) is 1. The second-order valence-electron chi connectivity index (χ2n) is 7.10. The lowest BCUT2D eigenvalue weighted by atomic mass is 9.91. The number of rotatable bonds is 4. The number of aliphatic hydroxyl groups is 1. The smallest absolute Gasteiger partial charge is 0.395 e. The van der Waals surface area contributed by atoms with Gasteiger partial charge in [0.2, 0.25) is 0 Å². The van der Waals surface area contributed by atoms with Crippen molar-refractivity contribution in [1.29, 1.82) is 0 Å². The van der Waals surface area contributed by atoms with Crippen molar-refractivity contribution < 1.29 is 36.5 Å². The van der Waals surface area contributed by atoms with Gasteiger partial charge in [-0.2, -0.15) is 27.8 Å². The fourth-order valence-electron chi connectivity index (χ4n) is 3.02. The molecule has 0 fully saturated rings. The Morgan fingerprint density at radius 1 is 1.13 bits per heavy atom. The second kappa shape index (κ2) is 6.39. The molecule has 1 atom stereocenters. The van der Waals surface area contributed by atoms with E-state index in [0.29, 0.717) is 6.07 Å². The number of hydrogen-bond acceptors (Lipinski definition) is 7. The molecular weight excluding hydrogens is 417 g/mol. The minimum atomic E-state index is -4.75. The van der Waals surface area contributed by atoms with Gasteiger partial charge in [-0.1, -0.05) is 6.07 Å². The maximum Gasteiger partial charge on any atom is 0.586 e. The van der Waals surface area contributed by atoms with Gasteiger partial charge in [0.15, 0.2) is 17.2 Å². The molecule has 1 aromatic carbocycles. The predicted octanol–water partition coefficient (Wildman–Crippen LogP) is 3.39. The van der Waals surface area contributed by atoms with Gasteiger partial charge < -0.3 is 19.9 Å². The first-order valence-electron chi connectivity index (χ1n) is 8.50. The van der Waals surface area contributed by atoms with Crippen LogP contribution in [0.2, 0.25) is 0 Å². The quantitative estimate of drug-likeness (QED) is 0.612. The highest BCUT2D eigenvalue weighted by Crippen LogP contribution is 2.43. The number of nitrogens with zero attached hydrogens (tertiary/aromatic N) is 4. The molecule has 1 aliphatic rings. The molecule has 30 heavy (non-hydrogen) atoms. The Morgan fingerprint density at radius 3 is 2.50 bits per heavy atom. The number of hydrogen-bond donors (Lipinski definition) is 2. The van der Waals surface area contributed by atoms with E-state index in [1.807, 2.05) is 0 Å². The normalized spacial score (nSPS) is 16.7. The van der Waals surface area contributed by atoms with Crippen LogP contribution in [0.3, 0.4) is 0 Å². The zero-order valence-electron chi connectivity index (χ0n) is 15.4. The van der Waals surface area contributed by atoms with Crippen LogP contribution in [0.5, 0.6) is 11.5 Å². The molecule has 0 spiro atoms. The van der Waals surface area contributed by atoms with E-state index in [1.165, 1.54) is 32.0 Å². The molecule has 3 aromatic rings. The van der Waals surface area contributed by atoms with Gasteiger partial charge in [-0.15, -0.1) is 8.78 Å². The lowest BCUT2D eigenvalue weighted by Crippen LogP contribution is -2.35. The Hall–Kier alpha value is -3.22. The summed E-state index contributed by atoms with van der Waals surface area (Å²) in [6, 6.07) is 3.45. The van der Waals surface area contributed by atoms with Gasteiger partial charge in [-0.25, -0.2) is 4.98 Å². The first kappa shape index (κ1) is 20.1. The zero-order chi connectivity index (χ0) is 21.9. The van der Waals surface area contributed by atoms with Gasteiger partial charge in [-0.3, -0.25) is 0 Å². The molecule has 3 heterocycles. The van der Waals surface area contributed by atoms with Gasteiger partial charge in [0, 0.05) is 6.07 Å². The van der Waals surface area contributed by atoms with Gasteiger partial charge in [0.1, 0.15) is 12.1 Å². The monoisotopic (exact) mass is 431 g/mol. The van der Waals surface area contributed by atoms with Crippen LogP contribution < -0.4 is 14.8 Å². The van der Waals surface area contributed by atoms with E-state index in [1.54, 1.807) is 0 Å². The van der Waals surface area contributed by atoms with E-state index in [2.05, 4.69) is 29.9 Å². The molecule has 160 valence electrons. The Kier molecular flexibility index (Phi) is 4.27. The molecule has 8 nitrogen and oxygen atoms in total. The van der Waals surface area contributed by atoms with Crippen LogP contribution in [0.15, 0.2) is 30.6 Å². The number of benzene rings is 1. The summed E-state index contributed by atoms with van der Waals surface area (Å²) in [4.78, 5) is 7.09. The van der Waals surface area contributed by atoms with E-state index in [-0.39, 0.29) is 28.7 Å². The minimum Gasteiger partial charge on any atom is -0.395 e. The van der Waals surface area contributed by atoms with Gasteiger partial charge in [0.05, 0.1) is 11.6 Å². The molecular formula is C17H14F5N5O3. The molecule has 2 N–H and O–H groups in total. The third-order valence-electron chi connectivity index (χ3n) is 4.30. The number of anilines is 1. The van der Waals surface area contributed by atoms with Gasteiger partial charge >= 0.3 is 12.5 Å². The summed E-state index contributed by atoms with van der Waals surface area (Å²) >= 11 is 0. The minimum absolute atomic E-state index is 0.167. The van der Waals surface area contributed by atoms with E-state index >= 15 is 0 Å². The van der Waals surface area contributed by atoms with Crippen LogP contribution in [0.4, 0.5) is 27.8 Å². The molecule has 0 radical (unpaired) electrons. The van der Waals surface area contributed by atoms with Crippen LogP contribution in [0, 0.1) is 0 Å². The highest BCUT2D eigenvalue weighted by atomic mass is 19.4. The average molecular weight is 431 g/mol. The lowest BCUT2D eigenvalue weighted by Gasteiger charge is -2.31. The van der Waals surface area contributed by atoms with Crippen molar-refractivity contribution in [2.24, 2.45) is 0 Å². The summed E-state index contributed by atoms with van der Waals surface area (Å²) < 4.78 is 76.1. The first-order chi connectivity index (χ1) is 13.8. The Bertz CT molecular complexity index is 1110. The van der Waals surface area contributed by atoms with Crippen LogP contribution in [0.1, 0.15) is 31.1 Å². The summed E-state index contributed by atoms with van der Waals surface area (Å²) in [7, 11) is 0. The largest absolute Gasteiger partial charge is 0.586 e. The zero-order valence-corrected chi connectivity index (χ0v) is 15.4. The number of halogens is 5. The molecule has 0 unspecified atom stereocenters. The van der Waals surface area contributed by atoms with E-state index in [9.17, 15) is 27.1 Å². The van der Waals surface area contributed by atoms with Crippen molar-refractivity contribution in [2.75, 3.05) is 5.32 Å². The van der Waals surface area contributed by atoms with Crippen molar-refractivity contribution in [2.45, 2.75) is 38.0 Å². The third kappa shape index (κ3) is 3.67. The van der Waals surface area contributed by atoms with Crippen LogP contribution >= 0.6 is 0 Å². The fourth-order valence-corrected chi connectivity index (χ4v) is 3.02. The molecule has 0 saturated heterocycles. The molecule has 0 aliphatic carbocycles. The van der Waals surface area contributed by atoms with Crippen LogP contribution in [-0.2, 0) is 6.18 Å².